The Kier molecular flexibility index (Phi) is 4.53. The number of aromatic nitrogens is 1. The van der Waals surface area contributed by atoms with Crippen LogP contribution in [0.2, 0.25) is 0 Å². The smallest absolute Gasteiger partial charge is 0.248 e. The van der Waals surface area contributed by atoms with Crippen LogP contribution in [0, 0.1) is 11.8 Å². The molecule has 0 aliphatic heterocycles. The number of nitrogens with two attached hydrogens (primary N) is 1. The number of thiazole rings is 1. The number of anilines is 1. The molecule has 2 saturated carbocycles. The van der Waals surface area contributed by atoms with Gasteiger partial charge in [0.05, 0.1) is 5.41 Å². The average Bonchev–Trinajstić information content (AvgIpc) is 3.24. The monoisotopic (exact) mass is 369 g/mol. The molecule has 0 spiro atoms. The maximum atomic E-state index is 13.2. The maximum absolute atomic E-state index is 13.2. The van der Waals surface area contributed by atoms with Gasteiger partial charge in [-0.1, -0.05) is 44.2 Å². The summed E-state index contributed by atoms with van der Waals surface area (Å²) < 4.78 is 0. The van der Waals surface area contributed by atoms with E-state index in [1.54, 1.807) is 18.3 Å². The molecule has 2 aliphatic carbocycles. The average molecular weight is 369 g/mol. The van der Waals surface area contributed by atoms with E-state index in [-0.39, 0.29) is 5.91 Å². The lowest BCUT2D eigenvalue weighted by molar-refractivity contribution is -0.119. The van der Waals surface area contributed by atoms with Gasteiger partial charge in [-0.3, -0.25) is 9.59 Å². The first-order valence-corrected chi connectivity index (χ1v) is 10.1. The number of hydrogen-bond acceptors (Lipinski definition) is 4. The number of carbonyl (C=O) groups is 2. The second-order valence-corrected chi connectivity index (χ2v) is 8.31. The van der Waals surface area contributed by atoms with Crippen LogP contribution >= 0.6 is 11.3 Å². The highest BCUT2D eigenvalue weighted by Crippen LogP contribution is 2.61. The van der Waals surface area contributed by atoms with E-state index < -0.39 is 11.3 Å². The Hall–Kier alpha value is -2.21. The summed E-state index contributed by atoms with van der Waals surface area (Å²) in [7, 11) is 0. The molecule has 0 bridgehead atoms. The first kappa shape index (κ1) is 17.2. The molecule has 2 amide bonds. The molecule has 0 saturated heterocycles. The van der Waals surface area contributed by atoms with E-state index in [1.807, 2.05) is 17.5 Å². The zero-order chi connectivity index (χ0) is 18.1. The van der Waals surface area contributed by atoms with Crippen LogP contribution in [-0.4, -0.2) is 16.8 Å². The summed E-state index contributed by atoms with van der Waals surface area (Å²) in [5.74, 6) is 0.538. The van der Waals surface area contributed by atoms with Crippen molar-refractivity contribution in [1.82, 2.24) is 4.98 Å². The lowest BCUT2D eigenvalue weighted by Crippen LogP contribution is -2.32. The fourth-order valence-corrected chi connectivity index (χ4v) is 5.07. The molecule has 6 heteroatoms. The van der Waals surface area contributed by atoms with Crippen LogP contribution in [0.5, 0.6) is 0 Å². The second kappa shape index (κ2) is 6.83. The Bertz CT molecular complexity index is 797. The summed E-state index contributed by atoms with van der Waals surface area (Å²) in [5.41, 5.74) is 6.30. The fourth-order valence-electron chi connectivity index (χ4n) is 4.54. The molecule has 136 valence electrons. The summed E-state index contributed by atoms with van der Waals surface area (Å²) in [6.07, 6.45) is 8.78. The van der Waals surface area contributed by atoms with Crippen molar-refractivity contribution < 1.29 is 9.59 Å². The SMILES string of the molecule is NC(=O)c1ccc([C@@]2(C(=O)Nc3nccs3)C[C@H]2C2CCCCC2)cc1. The van der Waals surface area contributed by atoms with Gasteiger partial charge in [0.15, 0.2) is 5.13 Å². The van der Waals surface area contributed by atoms with Crippen LogP contribution in [0.4, 0.5) is 5.13 Å². The van der Waals surface area contributed by atoms with E-state index in [0.29, 0.717) is 22.5 Å². The molecule has 2 fully saturated rings. The number of carbonyl (C=O) groups excluding carboxylic acids is 2. The van der Waals surface area contributed by atoms with Gasteiger partial charge in [-0.15, -0.1) is 11.3 Å². The third-order valence-electron chi connectivity index (χ3n) is 5.98. The summed E-state index contributed by atoms with van der Waals surface area (Å²) in [5, 5.41) is 5.50. The highest BCUT2D eigenvalue weighted by Gasteiger charge is 2.63. The normalized spacial score (nSPS) is 25.6. The zero-order valence-electron chi connectivity index (χ0n) is 14.6. The number of nitrogens with zero attached hydrogens (tertiary/aromatic N) is 1. The molecule has 2 aromatic rings. The Labute approximate surface area is 157 Å². The second-order valence-electron chi connectivity index (χ2n) is 7.41. The number of benzene rings is 1. The van der Waals surface area contributed by atoms with E-state index in [4.69, 9.17) is 5.73 Å². The Morgan fingerprint density at radius 1 is 1.15 bits per heavy atom. The topological polar surface area (TPSA) is 85.1 Å². The van der Waals surface area contributed by atoms with Crippen LogP contribution in [0.3, 0.4) is 0 Å². The third-order valence-corrected chi connectivity index (χ3v) is 6.66. The minimum Gasteiger partial charge on any atom is -0.366 e. The van der Waals surface area contributed by atoms with E-state index >= 15 is 0 Å². The highest BCUT2D eigenvalue weighted by atomic mass is 32.1. The molecule has 26 heavy (non-hydrogen) atoms. The molecule has 4 rings (SSSR count). The molecule has 0 unspecified atom stereocenters. The first-order chi connectivity index (χ1) is 12.6. The standard InChI is InChI=1S/C20H23N3O2S/c21-17(24)14-6-8-15(9-7-14)20(18(25)23-19-22-10-11-26-19)12-16(20)13-4-2-1-3-5-13/h6-11,13,16H,1-5,12H2,(H2,21,24)(H,22,23,25)/t16-,20-/m0/s1. The fraction of sp³-hybridized carbons (Fsp3) is 0.450. The van der Waals surface area contributed by atoms with E-state index in [0.717, 1.165) is 12.0 Å². The van der Waals surface area contributed by atoms with Gasteiger partial charge in [0.1, 0.15) is 0 Å². The summed E-state index contributed by atoms with van der Waals surface area (Å²) in [6.45, 7) is 0. The van der Waals surface area contributed by atoms with Gasteiger partial charge in [0.25, 0.3) is 0 Å². The third kappa shape index (κ3) is 3.03. The molecule has 2 aliphatic rings. The molecule has 0 radical (unpaired) electrons. The van der Waals surface area contributed by atoms with Crippen molar-refractivity contribution in [3.05, 3.63) is 47.0 Å². The minimum atomic E-state index is -0.510. The highest BCUT2D eigenvalue weighted by molar-refractivity contribution is 7.13. The van der Waals surface area contributed by atoms with Crippen LogP contribution in [0.25, 0.3) is 0 Å². The summed E-state index contributed by atoms with van der Waals surface area (Å²) in [4.78, 5) is 28.8. The van der Waals surface area contributed by atoms with Crippen LogP contribution in [-0.2, 0) is 10.2 Å². The van der Waals surface area contributed by atoms with Gasteiger partial charge in [-0.05, 0) is 36.0 Å². The summed E-state index contributed by atoms with van der Waals surface area (Å²) >= 11 is 1.43. The predicted molar refractivity (Wildman–Crippen MR) is 102 cm³/mol. The van der Waals surface area contributed by atoms with Crippen molar-refractivity contribution in [1.29, 1.82) is 0 Å². The molecule has 5 nitrogen and oxygen atoms in total. The van der Waals surface area contributed by atoms with Crippen molar-refractivity contribution in [3.8, 4) is 0 Å². The molecule has 1 heterocycles. The van der Waals surface area contributed by atoms with E-state index in [2.05, 4.69) is 10.3 Å². The molecule has 1 aromatic carbocycles. The number of rotatable bonds is 5. The number of hydrogen-bond donors (Lipinski definition) is 2. The van der Waals surface area contributed by atoms with Crippen molar-refractivity contribution in [3.63, 3.8) is 0 Å². The molecule has 2 atom stereocenters. The van der Waals surface area contributed by atoms with Gasteiger partial charge >= 0.3 is 0 Å². The van der Waals surface area contributed by atoms with Gasteiger partial charge in [0, 0.05) is 17.1 Å². The number of amides is 2. The molecule has 3 N–H and O–H groups in total. The van der Waals surface area contributed by atoms with Crippen molar-refractivity contribution in [2.75, 3.05) is 5.32 Å². The minimum absolute atomic E-state index is 0.0230. The Balaban J connectivity index is 1.63. The molecule has 1 aromatic heterocycles. The lowest BCUT2D eigenvalue weighted by Gasteiger charge is -2.25. The molecular weight excluding hydrogens is 346 g/mol. The van der Waals surface area contributed by atoms with E-state index in [9.17, 15) is 9.59 Å². The Morgan fingerprint density at radius 2 is 1.88 bits per heavy atom. The summed E-state index contributed by atoms with van der Waals surface area (Å²) in [6, 6.07) is 7.24. The molecular formula is C20H23N3O2S. The van der Waals surface area contributed by atoms with Crippen LogP contribution < -0.4 is 11.1 Å². The van der Waals surface area contributed by atoms with Crippen LogP contribution in [0.15, 0.2) is 35.8 Å². The van der Waals surface area contributed by atoms with Crippen molar-refractivity contribution in [2.45, 2.75) is 43.9 Å². The van der Waals surface area contributed by atoms with Crippen molar-refractivity contribution >= 4 is 28.3 Å². The first-order valence-electron chi connectivity index (χ1n) is 9.22. The van der Waals surface area contributed by atoms with E-state index in [1.165, 1.54) is 43.4 Å². The van der Waals surface area contributed by atoms with Gasteiger partial charge in [-0.25, -0.2) is 4.98 Å². The van der Waals surface area contributed by atoms with Gasteiger partial charge in [0.2, 0.25) is 11.8 Å². The zero-order valence-corrected chi connectivity index (χ0v) is 15.4. The predicted octanol–water partition coefficient (Wildman–Crippen LogP) is 3.72. The van der Waals surface area contributed by atoms with Crippen molar-refractivity contribution in [2.24, 2.45) is 17.6 Å². The maximum Gasteiger partial charge on any atom is 0.248 e. The number of primary amides is 1. The van der Waals surface area contributed by atoms with Gasteiger partial charge < -0.3 is 11.1 Å². The lowest BCUT2D eigenvalue weighted by atomic mass is 9.80. The number of nitrogens with one attached hydrogen (secondary N) is 1. The quantitative estimate of drug-likeness (QED) is 0.842. The Morgan fingerprint density at radius 3 is 2.50 bits per heavy atom. The van der Waals surface area contributed by atoms with Crippen LogP contribution in [0.1, 0.15) is 54.4 Å². The van der Waals surface area contributed by atoms with Gasteiger partial charge in [-0.2, -0.15) is 0 Å². The largest absolute Gasteiger partial charge is 0.366 e.